The number of alkyl carbamates (subject to hydrolysis) is 1. The molecule has 4 rings (SSSR count). The minimum Gasteiger partial charge on any atom is -0.445 e. The summed E-state index contributed by atoms with van der Waals surface area (Å²) in [5.74, 6) is 0. The Hall–Kier alpha value is -3.74. The quantitative estimate of drug-likeness (QED) is 0.171. The van der Waals surface area contributed by atoms with Gasteiger partial charge in [0, 0.05) is 0 Å². The van der Waals surface area contributed by atoms with Crippen LogP contribution < -0.4 is 5.32 Å². The van der Waals surface area contributed by atoms with Crippen molar-refractivity contribution in [1.29, 1.82) is 0 Å². The Morgan fingerprint density at radius 3 is 1.46 bits per heavy atom. The van der Waals surface area contributed by atoms with Crippen LogP contribution in [-0.2, 0) is 49.1 Å². The fourth-order valence-corrected chi connectivity index (χ4v) is 4.93. The Balaban J connectivity index is 1.42. The first kappa shape index (κ1) is 28.3. The standard InChI is InChI=1S/C31H32NO6P/c33-31(35-22-27-15-7-2-8-16-27)32-30(21-26-13-5-1-6-14-26)25-38-39(34,36-23-28-17-9-3-10-18-28)37-24-29-19-11-4-12-20-29/h1-20,30H,21-25H2,(H,32,33)/t30-/m1/s1. The van der Waals surface area contributed by atoms with E-state index in [9.17, 15) is 9.36 Å². The maximum atomic E-state index is 13.7. The minimum atomic E-state index is -4.01. The van der Waals surface area contributed by atoms with Crippen LogP contribution in [0.4, 0.5) is 4.79 Å². The first-order valence-electron chi connectivity index (χ1n) is 12.7. The largest absolute Gasteiger partial charge is 0.475 e. The molecule has 0 aliphatic rings. The number of rotatable bonds is 14. The van der Waals surface area contributed by atoms with E-state index in [0.717, 1.165) is 22.3 Å². The molecule has 0 bridgehead atoms. The van der Waals surface area contributed by atoms with Crippen LogP contribution in [0.3, 0.4) is 0 Å². The van der Waals surface area contributed by atoms with Crippen molar-refractivity contribution in [2.24, 2.45) is 0 Å². The van der Waals surface area contributed by atoms with Gasteiger partial charge < -0.3 is 10.1 Å². The summed E-state index contributed by atoms with van der Waals surface area (Å²) in [4.78, 5) is 12.6. The fourth-order valence-electron chi connectivity index (χ4n) is 3.73. The molecule has 0 radical (unpaired) electrons. The predicted octanol–water partition coefficient (Wildman–Crippen LogP) is 7.08. The van der Waals surface area contributed by atoms with E-state index in [1.807, 2.05) is 121 Å². The van der Waals surface area contributed by atoms with E-state index >= 15 is 0 Å². The molecule has 0 spiro atoms. The third-order valence-electron chi connectivity index (χ3n) is 5.76. The molecule has 4 aromatic rings. The second-order valence-corrected chi connectivity index (χ2v) is 10.5. The summed E-state index contributed by atoms with van der Waals surface area (Å²) in [5.41, 5.74) is 3.50. The summed E-state index contributed by atoms with van der Waals surface area (Å²) in [6.07, 6.45) is -0.174. The van der Waals surface area contributed by atoms with E-state index in [0.29, 0.717) is 6.42 Å². The lowest BCUT2D eigenvalue weighted by Gasteiger charge is -2.23. The van der Waals surface area contributed by atoms with Gasteiger partial charge >= 0.3 is 13.9 Å². The van der Waals surface area contributed by atoms with Gasteiger partial charge in [0.1, 0.15) is 6.61 Å². The van der Waals surface area contributed by atoms with Crippen molar-refractivity contribution in [2.75, 3.05) is 6.61 Å². The zero-order chi connectivity index (χ0) is 27.2. The van der Waals surface area contributed by atoms with Gasteiger partial charge in [0.25, 0.3) is 0 Å². The Bertz CT molecular complexity index is 1260. The molecule has 39 heavy (non-hydrogen) atoms. The Morgan fingerprint density at radius 2 is 1.00 bits per heavy atom. The van der Waals surface area contributed by atoms with E-state index < -0.39 is 20.0 Å². The first-order valence-corrected chi connectivity index (χ1v) is 14.2. The zero-order valence-corrected chi connectivity index (χ0v) is 22.5. The smallest absolute Gasteiger partial charge is 0.445 e. The van der Waals surface area contributed by atoms with Crippen LogP contribution in [0.25, 0.3) is 0 Å². The molecule has 0 fully saturated rings. The number of benzene rings is 4. The number of phosphoric ester groups is 1. The highest BCUT2D eigenvalue weighted by atomic mass is 31.2. The Kier molecular flexibility index (Phi) is 10.9. The molecule has 0 aromatic heterocycles. The summed E-state index contributed by atoms with van der Waals surface area (Å²) in [6, 6.07) is 37.2. The number of nitrogens with one attached hydrogen (secondary N) is 1. The van der Waals surface area contributed by atoms with Crippen LogP contribution >= 0.6 is 7.82 Å². The number of amides is 1. The number of ether oxygens (including phenoxy) is 1. The molecule has 202 valence electrons. The van der Waals surface area contributed by atoms with Gasteiger partial charge in [-0.2, -0.15) is 0 Å². The van der Waals surface area contributed by atoms with Crippen molar-refractivity contribution in [1.82, 2.24) is 5.32 Å². The molecule has 0 aliphatic heterocycles. The number of phosphoric acid groups is 1. The SMILES string of the molecule is O=C(N[C@@H](COP(=O)(OCc1ccccc1)OCc1ccccc1)Cc1ccccc1)OCc1ccccc1. The second-order valence-electron chi connectivity index (χ2n) is 8.85. The average Bonchev–Trinajstić information content (AvgIpc) is 2.99. The predicted molar refractivity (Wildman–Crippen MR) is 150 cm³/mol. The van der Waals surface area contributed by atoms with Crippen LogP contribution in [0, 0.1) is 0 Å². The van der Waals surface area contributed by atoms with Crippen molar-refractivity contribution in [2.45, 2.75) is 32.3 Å². The Morgan fingerprint density at radius 1 is 0.590 bits per heavy atom. The van der Waals surface area contributed by atoms with Crippen LogP contribution in [-0.4, -0.2) is 18.7 Å². The van der Waals surface area contributed by atoms with Gasteiger partial charge in [-0.1, -0.05) is 121 Å². The molecule has 0 aliphatic carbocycles. The van der Waals surface area contributed by atoms with Crippen molar-refractivity contribution in [3.8, 4) is 0 Å². The zero-order valence-electron chi connectivity index (χ0n) is 21.6. The molecule has 4 aromatic carbocycles. The van der Waals surface area contributed by atoms with Gasteiger partial charge in [-0.3, -0.25) is 13.6 Å². The third kappa shape index (κ3) is 10.2. The van der Waals surface area contributed by atoms with Crippen molar-refractivity contribution < 1.29 is 27.7 Å². The molecule has 1 amide bonds. The lowest BCUT2D eigenvalue weighted by molar-refractivity contribution is 0.0904. The normalized spacial score (nSPS) is 12.0. The van der Waals surface area contributed by atoms with Crippen molar-refractivity contribution in [3.63, 3.8) is 0 Å². The maximum absolute atomic E-state index is 13.7. The van der Waals surface area contributed by atoms with Crippen LogP contribution in [0.2, 0.25) is 0 Å². The van der Waals surface area contributed by atoms with E-state index in [1.165, 1.54) is 0 Å². The van der Waals surface area contributed by atoms with Gasteiger partial charge in [0.2, 0.25) is 0 Å². The van der Waals surface area contributed by atoms with E-state index in [1.54, 1.807) is 0 Å². The third-order valence-corrected chi connectivity index (χ3v) is 7.11. The first-order chi connectivity index (χ1) is 19.1. The fraction of sp³-hybridized carbons (Fsp3) is 0.194. The van der Waals surface area contributed by atoms with Crippen LogP contribution in [0.5, 0.6) is 0 Å². The summed E-state index contributed by atoms with van der Waals surface area (Å²) in [5, 5.41) is 2.84. The number of carbonyl (C=O) groups is 1. The summed E-state index contributed by atoms with van der Waals surface area (Å²) in [6.45, 7) is 0.103. The van der Waals surface area contributed by atoms with Gasteiger partial charge in [-0.25, -0.2) is 9.36 Å². The van der Waals surface area contributed by atoms with Gasteiger partial charge in [-0.05, 0) is 28.7 Å². The van der Waals surface area contributed by atoms with Gasteiger partial charge in [0.15, 0.2) is 0 Å². The van der Waals surface area contributed by atoms with Crippen LogP contribution in [0.1, 0.15) is 22.3 Å². The molecule has 1 N–H and O–H groups in total. The molecular formula is C31H32NO6P. The van der Waals surface area contributed by atoms with Gasteiger partial charge in [0.05, 0.1) is 25.9 Å². The number of hydrogen-bond acceptors (Lipinski definition) is 6. The van der Waals surface area contributed by atoms with E-state index in [-0.39, 0.29) is 26.4 Å². The molecular weight excluding hydrogens is 513 g/mol. The summed E-state index contributed by atoms with van der Waals surface area (Å²) in [7, 11) is -4.01. The molecule has 8 heteroatoms. The average molecular weight is 546 g/mol. The molecule has 0 unspecified atom stereocenters. The lowest BCUT2D eigenvalue weighted by atomic mass is 10.1. The second kappa shape index (κ2) is 15.0. The topological polar surface area (TPSA) is 83.1 Å². The van der Waals surface area contributed by atoms with E-state index in [2.05, 4.69) is 5.32 Å². The number of carbonyl (C=O) groups excluding carboxylic acids is 1. The maximum Gasteiger partial charge on any atom is 0.475 e. The monoisotopic (exact) mass is 545 g/mol. The van der Waals surface area contributed by atoms with Crippen molar-refractivity contribution >= 4 is 13.9 Å². The van der Waals surface area contributed by atoms with Crippen LogP contribution in [0.15, 0.2) is 121 Å². The highest BCUT2D eigenvalue weighted by Crippen LogP contribution is 2.51. The summed E-state index contributed by atoms with van der Waals surface area (Å²) >= 11 is 0. The van der Waals surface area contributed by atoms with Crippen molar-refractivity contribution in [3.05, 3.63) is 144 Å². The van der Waals surface area contributed by atoms with E-state index in [4.69, 9.17) is 18.3 Å². The molecule has 0 saturated heterocycles. The number of hydrogen-bond donors (Lipinski definition) is 1. The minimum absolute atomic E-state index is 0.0444. The van der Waals surface area contributed by atoms with Gasteiger partial charge in [-0.15, -0.1) is 0 Å². The highest BCUT2D eigenvalue weighted by Gasteiger charge is 2.29. The molecule has 0 heterocycles. The summed E-state index contributed by atoms with van der Waals surface area (Å²) < 4.78 is 36.3. The molecule has 0 saturated carbocycles. The molecule has 7 nitrogen and oxygen atoms in total. The molecule has 1 atom stereocenters. The highest BCUT2D eigenvalue weighted by molar-refractivity contribution is 7.48. The lowest BCUT2D eigenvalue weighted by Crippen LogP contribution is -2.40. The Labute approximate surface area is 229 Å².